The molecular weight excluding hydrogens is 308 g/mol. The van der Waals surface area contributed by atoms with E-state index >= 15 is 0 Å². The number of hydrogen-bond acceptors (Lipinski definition) is 4. The Bertz CT molecular complexity index is 817. The molecule has 6 heteroatoms. The van der Waals surface area contributed by atoms with Gasteiger partial charge in [0, 0.05) is 7.05 Å². The first-order chi connectivity index (χ1) is 11.5. The van der Waals surface area contributed by atoms with Crippen molar-refractivity contribution in [3.05, 3.63) is 47.5 Å². The van der Waals surface area contributed by atoms with Crippen LogP contribution >= 0.6 is 0 Å². The molecule has 0 atom stereocenters. The summed E-state index contributed by atoms with van der Waals surface area (Å²) < 4.78 is 10.8. The van der Waals surface area contributed by atoms with Crippen LogP contribution in [0.15, 0.2) is 36.4 Å². The quantitative estimate of drug-likeness (QED) is 0.941. The smallest absolute Gasteiger partial charge is 0.264 e. The molecule has 24 heavy (non-hydrogen) atoms. The number of amides is 2. The molecule has 0 spiro atoms. The number of carbonyl (C=O) groups excluding carboxylic acids is 2. The number of para-hydroxylation sites is 1. The van der Waals surface area contributed by atoms with Gasteiger partial charge in [0.05, 0.1) is 24.0 Å². The Hall–Kier alpha value is -3.02. The summed E-state index contributed by atoms with van der Waals surface area (Å²) in [6.07, 6.45) is 0. The van der Waals surface area contributed by atoms with E-state index in [1.165, 1.54) is 4.90 Å². The third-order valence-electron chi connectivity index (χ3n) is 3.92. The summed E-state index contributed by atoms with van der Waals surface area (Å²) in [4.78, 5) is 25.9. The number of ether oxygens (including phenoxy) is 2. The molecule has 0 bridgehead atoms. The molecule has 1 aliphatic rings. The van der Waals surface area contributed by atoms with E-state index in [2.05, 4.69) is 5.32 Å². The zero-order valence-corrected chi connectivity index (χ0v) is 13.8. The van der Waals surface area contributed by atoms with E-state index in [9.17, 15) is 9.59 Å². The summed E-state index contributed by atoms with van der Waals surface area (Å²) in [7, 11) is 3.21. The lowest BCUT2D eigenvalue weighted by Crippen LogP contribution is -2.36. The van der Waals surface area contributed by atoms with E-state index in [0.717, 1.165) is 5.56 Å². The van der Waals surface area contributed by atoms with Crippen LogP contribution in [0, 0.1) is 6.92 Å². The number of fused-ring (bicyclic) bond motifs is 1. The summed E-state index contributed by atoms with van der Waals surface area (Å²) in [5.74, 6) is 0.509. The van der Waals surface area contributed by atoms with Gasteiger partial charge in [-0.15, -0.1) is 0 Å². The third kappa shape index (κ3) is 2.78. The van der Waals surface area contributed by atoms with Gasteiger partial charge in [0.15, 0.2) is 12.4 Å². The summed E-state index contributed by atoms with van der Waals surface area (Å²) in [6, 6.07) is 10.7. The van der Waals surface area contributed by atoms with E-state index in [-0.39, 0.29) is 18.4 Å². The highest BCUT2D eigenvalue weighted by molar-refractivity contribution is 6.09. The number of hydrogen-bond donors (Lipinski definition) is 1. The van der Waals surface area contributed by atoms with Crippen LogP contribution in [0.1, 0.15) is 15.9 Å². The molecule has 0 saturated carbocycles. The Morgan fingerprint density at radius 1 is 1.29 bits per heavy atom. The highest BCUT2D eigenvalue weighted by atomic mass is 16.5. The van der Waals surface area contributed by atoms with Gasteiger partial charge in [-0.3, -0.25) is 9.59 Å². The topological polar surface area (TPSA) is 67.9 Å². The average Bonchev–Trinajstić information content (AvgIpc) is 2.58. The van der Waals surface area contributed by atoms with Crippen LogP contribution in [-0.4, -0.2) is 32.6 Å². The maximum absolute atomic E-state index is 12.7. The Morgan fingerprint density at radius 2 is 2.08 bits per heavy atom. The van der Waals surface area contributed by atoms with Crippen molar-refractivity contribution in [2.75, 3.05) is 31.0 Å². The number of aryl methyl sites for hydroxylation is 1. The number of nitrogens with zero attached hydrogens (tertiary/aromatic N) is 1. The van der Waals surface area contributed by atoms with Gasteiger partial charge >= 0.3 is 0 Å². The second-order valence-corrected chi connectivity index (χ2v) is 5.55. The number of rotatable bonds is 3. The van der Waals surface area contributed by atoms with Gasteiger partial charge in [-0.05, 0) is 36.8 Å². The van der Waals surface area contributed by atoms with E-state index in [1.807, 2.05) is 19.1 Å². The number of carbonyl (C=O) groups is 2. The summed E-state index contributed by atoms with van der Waals surface area (Å²) in [6.45, 7) is 1.85. The van der Waals surface area contributed by atoms with Gasteiger partial charge in [0.2, 0.25) is 0 Å². The standard InChI is InChI=1S/C18H18N2O4/c1-11-7-8-15(23-3)13(9-11)19-18(22)12-5-4-6-14-17(12)24-10-16(21)20(14)2/h4-9H,10H2,1-3H3,(H,19,22). The minimum absolute atomic E-state index is 0.0818. The second-order valence-electron chi connectivity index (χ2n) is 5.55. The van der Waals surface area contributed by atoms with Gasteiger partial charge in [0.1, 0.15) is 5.75 Å². The number of nitrogens with one attached hydrogen (secondary N) is 1. The fraction of sp³-hybridized carbons (Fsp3) is 0.222. The second kappa shape index (κ2) is 6.23. The molecule has 0 saturated heterocycles. The maximum atomic E-state index is 12.7. The molecule has 1 aliphatic heterocycles. The summed E-state index contributed by atoms with van der Waals surface area (Å²) >= 11 is 0. The molecule has 0 aromatic heterocycles. The van der Waals surface area contributed by atoms with E-state index in [1.54, 1.807) is 38.4 Å². The van der Waals surface area contributed by atoms with Gasteiger partial charge in [-0.1, -0.05) is 12.1 Å². The Kier molecular flexibility index (Phi) is 4.12. The first-order valence-corrected chi connectivity index (χ1v) is 7.49. The lowest BCUT2D eigenvalue weighted by molar-refractivity contribution is -0.121. The van der Waals surface area contributed by atoms with E-state index in [0.29, 0.717) is 28.4 Å². The van der Waals surface area contributed by atoms with Gasteiger partial charge in [-0.25, -0.2) is 0 Å². The monoisotopic (exact) mass is 326 g/mol. The largest absolute Gasteiger partial charge is 0.495 e. The molecular formula is C18H18N2O4. The van der Waals surface area contributed by atoms with Crippen molar-refractivity contribution in [1.82, 2.24) is 0 Å². The van der Waals surface area contributed by atoms with Crippen LogP contribution in [0.25, 0.3) is 0 Å². The first-order valence-electron chi connectivity index (χ1n) is 7.49. The molecule has 0 fully saturated rings. The van der Waals surface area contributed by atoms with Crippen molar-refractivity contribution in [2.24, 2.45) is 0 Å². The molecule has 2 amide bonds. The predicted molar refractivity (Wildman–Crippen MR) is 91.0 cm³/mol. The molecule has 3 rings (SSSR count). The molecule has 6 nitrogen and oxygen atoms in total. The molecule has 0 unspecified atom stereocenters. The molecule has 1 N–H and O–H groups in total. The average molecular weight is 326 g/mol. The highest BCUT2D eigenvalue weighted by Crippen LogP contribution is 2.35. The minimum atomic E-state index is -0.321. The molecule has 124 valence electrons. The zero-order chi connectivity index (χ0) is 17.3. The Labute approximate surface area is 140 Å². The molecule has 2 aromatic carbocycles. The van der Waals surface area contributed by atoms with Crippen molar-refractivity contribution < 1.29 is 19.1 Å². The normalized spacial score (nSPS) is 13.1. The van der Waals surface area contributed by atoms with E-state index in [4.69, 9.17) is 9.47 Å². The van der Waals surface area contributed by atoms with Crippen molar-refractivity contribution >= 4 is 23.2 Å². The maximum Gasteiger partial charge on any atom is 0.264 e. The van der Waals surface area contributed by atoms with Crippen LogP contribution in [0.3, 0.4) is 0 Å². The van der Waals surface area contributed by atoms with Crippen molar-refractivity contribution in [3.8, 4) is 11.5 Å². The Balaban J connectivity index is 1.95. The number of anilines is 2. The summed E-state index contributed by atoms with van der Waals surface area (Å²) in [5.41, 5.74) is 2.54. The predicted octanol–water partition coefficient (Wildman–Crippen LogP) is 2.61. The van der Waals surface area contributed by atoms with Crippen molar-refractivity contribution in [3.63, 3.8) is 0 Å². The van der Waals surface area contributed by atoms with Gasteiger partial charge in [0.25, 0.3) is 11.8 Å². The SMILES string of the molecule is COc1ccc(C)cc1NC(=O)c1cccc2c1OCC(=O)N2C. The number of methoxy groups -OCH3 is 1. The fourth-order valence-corrected chi connectivity index (χ4v) is 2.59. The number of benzene rings is 2. The third-order valence-corrected chi connectivity index (χ3v) is 3.92. The van der Waals surface area contributed by atoms with Gasteiger partial charge in [-0.2, -0.15) is 0 Å². The lowest BCUT2D eigenvalue weighted by Gasteiger charge is -2.27. The van der Waals surface area contributed by atoms with Crippen molar-refractivity contribution in [1.29, 1.82) is 0 Å². The molecule has 1 heterocycles. The summed E-state index contributed by atoms with van der Waals surface area (Å²) in [5, 5.41) is 2.85. The lowest BCUT2D eigenvalue weighted by atomic mass is 10.1. The zero-order valence-electron chi connectivity index (χ0n) is 13.8. The van der Waals surface area contributed by atoms with Crippen LogP contribution in [0.4, 0.5) is 11.4 Å². The first kappa shape index (κ1) is 15.9. The molecule has 0 aliphatic carbocycles. The van der Waals surface area contributed by atoms with Crippen LogP contribution in [0.2, 0.25) is 0 Å². The van der Waals surface area contributed by atoms with Crippen LogP contribution < -0.4 is 19.7 Å². The minimum Gasteiger partial charge on any atom is -0.495 e. The van der Waals surface area contributed by atoms with Gasteiger partial charge < -0.3 is 19.7 Å². The van der Waals surface area contributed by atoms with Crippen molar-refractivity contribution in [2.45, 2.75) is 6.92 Å². The molecule has 0 radical (unpaired) electrons. The number of likely N-dealkylation sites (N-methyl/N-ethyl adjacent to an activating group) is 1. The Morgan fingerprint density at radius 3 is 2.83 bits per heavy atom. The highest BCUT2D eigenvalue weighted by Gasteiger charge is 2.27. The van der Waals surface area contributed by atoms with Crippen LogP contribution in [-0.2, 0) is 4.79 Å². The van der Waals surface area contributed by atoms with E-state index < -0.39 is 0 Å². The molecule has 2 aromatic rings. The fourth-order valence-electron chi connectivity index (χ4n) is 2.59. The van der Waals surface area contributed by atoms with Crippen LogP contribution in [0.5, 0.6) is 11.5 Å².